The third-order valence-corrected chi connectivity index (χ3v) is 3.12. The molecule has 4 heteroatoms. The zero-order valence-corrected chi connectivity index (χ0v) is 7.62. The molecule has 4 aliphatic rings. The van der Waals surface area contributed by atoms with Crippen LogP contribution in [0, 0.1) is 11.8 Å². The van der Waals surface area contributed by atoms with E-state index in [1.54, 1.807) is 0 Å². The fraction of sp³-hybridized carbons (Fsp3) is 1.00. The zero-order chi connectivity index (χ0) is 8.73. The molecule has 4 rings (SSSR count). The minimum absolute atomic E-state index is 0.369. The van der Waals surface area contributed by atoms with Gasteiger partial charge in [0.1, 0.15) is 0 Å². The predicted molar refractivity (Wildman–Crippen MR) is 45.1 cm³/mol. The first-order chi connectivity index (χ1) is 6.39. The molecule has 0 spiro atoms. The van der Waals surface area contributed by atoms with E-state index in [-0.39, 0.29) is 0 Å². The third-order valence-electron chi connectivity index (χ3n) is 3.12. The van der Waals surface area contributed by atoms with Gasteiger partial charge in [0.2, 0.25) is 0 Å². The fourth-order valence-corrected chi connectivity index (χ4v) is 2.28. The Labute approximate surface area is 77.5 Å². The minimum atomic E-state index is -0.696. The second-order valence-electron chi connectivity index (χ2n) is 4.09. The van der Waals surface area contributed by atoms with Crippen molar-refractivity contribution in [1.29, 1.82) is 0 Å². The molecule has 4 saturated heterocycles. The van der Waals surface area contributed by atoms with E-state index in [9.17, 15) is 0 Å². The lowest BCUT2D eigenvalue weighted by atomic mass is 10.0. The monoisotopic (exact) mass is 185 g/mol. The van der Waals surface area contributed by atoms with Gasteiger partial charge in [-0.2, -0.15) is 0 Å². The summed E-state index contributed by atoms with van der Waals surface area (Å²) in [4.78, 5) is 0. The molecule has 4 fully saturated rings. The molecule has 0 amide bonds. The number of rotatable bonds is 1. The van der Waals surface area contributed by atoms with Gasteiger partial charge in [0.25, 0.3) is 5.97 Å². The molecule has 0 radical (unpaired) electrons. The van der Waals surface area contributed by atoms with Crippen LogP contribution in [0.1, 0.15) is 6.42 Å². The van der Waals surface area contributed by atoms with Crippen LogP contribution in [-0.2, 0) is 14.2 Å². The van der Waals surface area contributed by atoms with E-state index in [0.717, 1.165) is 39.3 Å². The summed E-state index contributed by atoms with van der Waals surface area (Å²) in [6.45, 7) is 4.40. The average Bonchev–Trinajstić information content (AvgIpc) is 2.74. The summed E-state index contributed by atoms with van der Waals surface area (Å²) in [5.74, 6) is 0.128. The second-order valence-corrected chi connectivity index (χ2v) is 4.09. The SMILES string of the molecule is C1CC(C23OCC(CO2)CO3)CN1. The van der Waals surface area contributed by atoms with Crippen LogP contribution in [-0.4, -0.2) is 38.9 Å². The highest BCUT2D eigenvalue weighted by molar-refractivity contribution is 4.85. The van der Waals surface area contributed by atoms with E-state index in [2.05, 4.69) is 5.32 Å². The van der Waals surface area contributed by atoms with Gasteiger partial charge in [-0.05, 0) is 13.0 Å². The molecule has 4 aliphatic heterocycles. The van der Waals surface area contributed by atoms with Gasteiger partial charge < -0.3 is 19.5 Å². The molecule has 13 heavy (non-hydrogen) atoms. The molecule has 4 nitrogen and oxygen atoms in total. The summed E-state index contributed by atoms with van der Waals surface area (Å²) >= 11 is 0. The first-order valence-corrected chi connectivity index (χ1v) is 5.02. The molecule has 0 aromatic carbocycles. The van der Waals surface area contributed by atoms with Gasteiger partial charge in [-0.3, -0.25) is 0 Å². The molecule has 1 N–H and O–H groups in total. The van der Waals surface area contributed by atoms with Gasteiger partial charge in [-0.25, -0.2) is 0 Å². The molecule has 1 atom stereocenters. The lowest BCUT2D eigenvalue weighted by molar-refractivity contribution is -0.465. The Morgan fingerprint density at radius 1 is 1.08 bits per heavy atom. The van der Waals surface area contributed by atoms with Crippen LogP contribution in [0.15, 0.2) is 0 Å². The third kappa shape index (κ3) is 1.21. The molecular weight excluding hydrogens is 170 g/mol. The molecule has 4 heterocycles. The van der Waals surface area contributed by atoms with Crippen LogP contribution >= 0.6 is 0 Å². The van der Waals surface area contributed by atoms with E-state index in [0.29, 0.717) is 11.8 Å². The normalized spacial score (nSPS) is 49.8. The van der Waals surface area contributed by atoms with Gasteiger partial charge in [-0.15, -0.1) is 0 Å². The van der Waals surface area contributed by atoms with Crippen molar-refractivity contribution < 1.29 is 14.2 Å². The second kappa shape index (κ2) is 2.92. The summed E-state index contributed by atoms with van der Waals surface area (Å²) in [6, 6.07) is 0. The summed E-state index contributed by atoms with van der Waals surface area (Å²) in [5.41, 5.74) is 0. The predicted octanol–water partition coefficient (Wildman–Crippen LogP) is -0.0571. The molecule has 0 aromatic rings. The Hall–Kier alpha value is -0.160. The van der Waals surface area contributed by atoms with Crippen LogP contribution < -0.4 is 5.32 Å². The highest BCUT2D eigenvalue weighted by Gasteiger charge is 2.51. The standard InChI is InChI=1S/C9H15NO3/c1-2-10-3-8(1)9-11-4-7(5-12-9)6-13-9/h7-8,10H,1-6H2. The van der Waals surface area contributed by atoms with Crippen LogP contribution in [0.25, 0.3) is 0 Å². The van der Waals surface area contributed by atoms with Crippen LogP contribution in [0.4, 0.5) is 0 Å². The number of hydrogen-bond donors (Lipinski definition) is 1. The fourth-order valence-electron chi connectivity index (χ4n) is 2.28. The van der Waals surface area contributed by atoms with Crippen molar-refractivity contribution in [3.8, 4) is 0 Å². The highest BCUT2D eigenvalue weighted by atomic mass is 16.9. The van der Waals surface area contributed by atoms with E-state index < -0.39 is 5.97 Å². The van der Waals surface area contributed by atoms with E-state index >= 15 is 0 Å². The molecular formula is C9H15NO3. The molecule has 0 aliphatic carbocycles. The van der Waals surface area contributed by atoms with Crippen molar-refractivity contribution in [1.82, 2.24) is 5.32 Å². The molecule has 2 bridgehead atoms. The maximum atomic E-state index is 5.66. The van der Waals surface area contributed by atoms with Crippen molar-refractivity contribution in [2.45, 2.75) is 12.4 Å². The van der Waals surface area contributed by atoms with Gasteiger partial charge in [-0.1, -0.05) is 0 Å². The number of ether oxygens (including phenoxy) is 3. The number of fused-ring (bicyclic) bond motifs is 3. The van der Waals surface area contributed by atoms with Crippen molar-refractivity contribution in [2.24, 2.45) is 11.8 Å². The van der Waals surface area contributed by atoms with E-state index in [4.69, 9.17) is 14.2 Å². The maximum Gasteiger partial charge on any atom is 0.287 e. The highest BCUT2D eigenvalue weighted by Crippen LogP contribution is 2.38. The van der Waals surface area contributed by atoms with Crippen LogP contribution in [0.3, 0.4) is 0 Å². The Balaban J connectivity index is 1.78. The minimum Gasteiger partial charge on any atom is -0.327 e. The topological polar surface area (TPSA) is 39.7 Å². The molecule has 74 valence electrons. The van der Waals surface area contributed by atoms with Gasteiger partial charge >= 0.3 is 0 Å². The molecule has 0 aromatic heterocycles. The Morgan fingerprint density at radius 3 is 2.31 bits per heavy atom. The van der Waals surface area contributed by atoms with E-state index in [1.165, 1.54) is 0 Å². The zero-order valence-electron chi connectivity index (χ0n) is 7.62. The van der Waals surface area contributed by atoms with Gasteiger partial charge in [0.05, 0.1) is 25.7 Å². The summed E-state index contributed by atoms with van der Waals surface area (Å²) in [6.07, 6.45) is 1.09. The van der Waals surface area contributed by atoms with Crippen molar-refractivity contribution in [3.63, 3.8) is 0 Å². The van der Waals surface area contributed by atoms with Crippen LogP contribution in [0.2, 0.25) is 0 Å². The summed E-state index contributed by atoms with van der Waals surface area (Å²) < 4.78 is 17.0. The first kappa shape index (κ1) is 8.17. The Bertz CT molecular complexity index is 181. The Kier molecular flexibility index (Phi) is 1.83. The molecule has 0 saturated carbocycles. The van der Waals surface area contributed by atoms with Crippen molar-refractivity contribution >= 4 is 0 Å². The van der Waals surface area contributed by atoms with Crippen LogP contribution in [0.5, 0.6) is 0 Å². The quantitative estimate of drug-likeness (QED) is 0.621. The maximum absolute atomic E-state index is 5.66. The summed E-state index contributed by atoms with van der Waals surface area (Å²) in [5, 5.41) is 3.31. The average molecular weight is 185 g/mol. The van der Waals surface area contributed by atoms with Crippen molar-refractivity contribution in [3.05, 3.63) is 0 Å². The molecule has 1 unspecified atom stereocenters. The number of nitrogens with one attached hydrogen (secondary N) is 1. The lowest BCUT2D eigenvalue weighted by Gasteiger charge is -2.47. The Morgan fingerprint density at radius 2 is 1.77 bits per heavy atom. The largest absolute Gasteiger partial charge is 0.327 e. The first-order valence-electron chi connectivity index (χ1n) is 5.02. The smallest absolute Gasteiger partial charge is 0.287 e. The summed E-state index contributed by atoms with van der Waals surface area (Å²) in [7, 11) is 0. The lowest BCUT2D eigenvalue weighted by Crippen LogP contribution is -2.58. The van der Waals surface area contributed by atoms with Gasteiger partial charge in [0, 0.05) is 12.5 Å². The van der Waals surface area contributed by atoms with E-state index in [1.807, 2.05) is 0 Å². The number of hydrogen-bond acceptors (Lipinski definition) is 4. The van der Waals surface area contributed by atoms with Crippen molar-refractivity contribution in [2.75, 3.05) is 32.9 Å². The van der Waals surface area contributed by atoms with Gasteiger partial charge in [0.15, 0.2) is 0 Å².